The lowest BCUT2D eigenvalue weighted by molar-refractivity contribution is 0.121. The zero-order valence-electron chi connectivity index (χ0n) is 15.2. The van der Waals surface area contributed by atoms with Crippen molar-refractivity contribution in [2.45, 2.75) is 29.7 Å². The van der Waals surface area contributed by atoms with Crippen LogP contribution in [0, 0.1) is 17.7 Å². The smallest absolute Gasteiger partial charge is 0.321 e. The second-order valence-corrected chi connectivity index (χ2v) is 8.58. The molecule has 1 aliphatic heterocycles. The molecule has 2 aromatic rings. The van der Waals surface area contributed by atoms with E-state index in [0.29, 0.717) is 12.8 Å². The third-order valence-corrected chi connectivity index (χ3v) is 6.60. The number of benzene rings is 1. The summed E-state index contributed by atoms with van der Waals surface area (Å²) in [5, 5.41) is 0.521. The monoisotopic (exact) mass is 411 g/mol. The first kappa shape index (κ1) is 20.3. The molecular weight excluding hydrogens is 391 g/mol. The summed E-state index contributed by atoms with van der Waals surface area (Å²) in [6, 6.07) is 7.27. The Kier molecular flexibility index (Phi) is 6.02. The lowest BCUT2D eigenvalue weighted by Crippen LogP contribution is -2.46. The lowest BCUT2D eigenvalue weighted by atomic mass is 9.92. The van der Waals surface area contributed by atoms with E-state index < -0.39 is 39.5 Å². The maximum Gasteiger partial charge on any atom is 0.321 e. The molecular formula is C19H20F3N3O2S. The number of aromatic nitrogens is 1. The van der Waals surface area contributed by atoms with Crippen LogP contribution in [-0.2, 0) is 10.8 Å². The van der Waals surface area contributed by atoms with Crippen molar-refractivity contribution in [2.75, 3.05) is 18.4 Å². The van der Waals surface area contributed by atoms with Gasteiger partial charge in [-0.15, -0.1) is 0 Å². The topological polar surface area (TPSA) is 62.3 Å². The summed E-state index contributed by atoms with van der Waals surface area (Å²) < 4.78 is 54.4. The summed E-state index contributed by atoms with van der Waals surface area (Å²) in [4.78, 5) is 17.3. The largest absolute Gasteiger partial charge is 0.325 e. The predicted octanol–water partition coefficient (Wildman–Crippen LogP) is 4.10. The molecule has 1 N–H and O–H groups in total. The number of likely N-dealkylation sites (tertiary alicyclic amines) is 1. The first-order valence-corrected chi connectivity index (χ1v) is 9.96. The van der Waals surface area contributed by atoms with Gasteiger partial charge in [0.25, 0.3) is 0 Å². The Morgan fingerprint density at radius 2 is 1.96 bits per heavy atom. The Morgan fingerprint density at radius 1 is 1.25 bits per heavy atom. The van der Waals surface area contributed by atoms with E-state index in [1.165, 1.54) is 42.3 Å². The van der Waals surface area contributed by atoms with Crippen LogP contribution in [0.25, 0.3) is 0 Å². The van der Waals surface area contributed by atoms with E-state index in [1.54, 1.807) is 0 Å². The number of urea groups is 1. The Bertz CT molecular complexity index is 886. The van der Waals surface area contributed by atoms with Gasteiger partial charge in [0.2, 0.25) is 5.95 Å². The van der Waals surface area contributed by atoms with Gasteiger partial charge in [0.1, 0.15) is 5.82 Å². The van der Waals surface area contributed by atoms with Gasteiger partial charge in [-0.1, -0.05) is 6.07 Å². The van der Waals surface area contributed by atoms with Crippen molar-refractivity contribution < 1.29 is 22.2 Å². The van der Waals surface area contributed by atoms with Crippen LogP contribution in [-0.4, -0.2) is 38.2 Å². The number of amides is 2. The third-order valence-electron chi connectivity index (χ3n) is 4.86. The van der Waals surface area contributed by atoms with E-state index >= 15 is 4.39 Å². The molecule has 1 aliphatic rings. The van der Waals surface area contributed by atoms with Crippen LogP contribution in [0.2, 0.25) is 0 Å². The van der Waals surface area contributed by atoms with Crippen molar-refractivity contribution in [1.82, 2.24) is 9.88 Å². The minimum Gasteiger partial charge on any atom is -0.325 e. The summed E-state index contributed by atoms with van der Waals surface area (Å²) in [7, 11) is -2.03. The first-order valence-electron chi connectivity index (χ1n) is 8.81. The molecule has 0 radical (unpaired) electrons. The van der Waals surface area contributed by atoms with Crippen molar-refractivity contribution >= 4 is 22.5 Å². The van der Waals surface area contributed by atoms with Crippen molar-refractivity contribution in [3.63, 3.8) is 0 Å². The maximum atomic E-state index is 15.3. The molecule has 3 rings (SSSR count). The van der Waals surface area contributed by atoms with E-state index in [2.05, 4.69) is 10.3 Å². The fraction of sp³-hybridized carbons (Fsp3) is 0.368. The average Bonchev–Trinajstić information content (AvgIpc) is 2.67. The second-order valence-electron chi connectivity index (χ2n) is 6.77. The Labute approximate surface area is 163 Å². The molecule has 0 aliphatic carbocycles. The highest BCUT2D eigenvalue weighted by Crippen LogP contribution is 2.37. The Hall–Kier alpha value is -2.42. The maximum absolute atomic E-state index is 15.3. The van der Waals surface area contributed by atoms with Crippen LogP contribution in [0.15, 0.2) is 47.5 Å². The number of alkyl halides is 1. The average molecular weight is 411 g/mol. The predicted molar refractivity (Wildman–Crippen MR) is 99.8 cm³/mol. The van der Waals surface area contributed by atoms with Crippen molar-refractivity contribution in [2.24, 2.45) is 5.92 Å². The number of carbonyl (C=O) groups is 1. The number of hydrogen-bond acceptors (Lipinski definition) is 3. The van der Waals surface area contributed by atoms with Crippen LogP contribution in [0.5, 0.6) is 0 Å². The molecule has 2 amide bonds. The van der Waals surface area contributed by atoms with Crippen LogP contribution in [0.3, 0.4) is 0 Å². The Balaban J connectivity index is 1.60. The second kappa shape index (κ2) is 8.30. The third kappa shape index (κ3) is 4.52. The quantitative estimate of drug-likeness (QED) is 0.771. The molecule has 2 unspecified atom stereocenters. The van der Waals surface area contributed by atoms with Crippen molar-refractivity contribution in [3.8, 4) is 0 Å². The number of rotatable bonds is 4. The van der Waals surface area contributed by atoms with Gasteiger partial charge < -0.3 is 10.2 Å². The molecule has 28 heavy (non-hydrogen) atoms. The first-order chi connectivity index (χ1) is 13.3. The summed E-state index contributed by atoms with van der Waals surface area (Å²) in [5.74, 6) is -1.82. The van der Waals surface area contributed by atoms with Crippen LogP contribution in [0.4, 0.5) is 23.7 Å². The van der Waals surface area contributed by atoms with Gasteiger partial charge in [-0.2, -0.15) is 4.39 Å². The minimum atomic E-state index is -2.05. The van der Waals surface area contributed by atoms with Gasteiger partial charge in [0, 0.05) is 41.9 Å². The lowest BCUT2D eigenvalue weighted by Gasteiger charge is -2.37. The molecule has 1 aromatic heterocycles. The molecule has 1 aromatic carbocycles. The van der Waals surface area contributed by atoms with Crippen LogP contribution >= 0.6 is 0 Å². The highest BCUT2D eigenvalue weighted by atomic mass is 32.2. The SMILES string of the molecule is CC(F)(C1CCN(C(=O)Nc2ccnc(F)c2)CC1)S(=O)c1cccc(F)c1. The number of carbonyl (C=O) groups excluding carboxylic acids is 1. The summed E-state index contributed by atoms with van der Waals surface area (Å²) >= 11 is 0. The van der Waals surface area contributed by atoms with Gasteiger partial charge in [0.05, 0.1) is 10.8 Å². The van der Waals surface area contributed by atoms with E-state index in [-0.39, 0.29) is 23.7 Å². The number of pyridine rings is 1. The van der Waals surface area contributed by atoms with E-state index in [9.17, 15) is 17.8 Å². The van der Waals surface area contributed by atoms with Gasteiger partial charge >= 0.3 is 6.03 Å². The summed E-state index contributed by atoms with van der Waals surface area (Å²) in [6.45, 7) is 1.79. The van der Waals surface area contributed by atoms with E-state index in [1.807, 2.05) is 0 Å². The molecule has 150 valence electrons. The molecule has 2 atom stereocenters. The van der Waals surface area contributed by atoms with Crippen molar-refractivity contribution in [1.29, 1.82) is 0 Å². The number of nitrogens with zero attached hydrogens (tertiary/aromatic N) is 2. The number of halogens is 3. The van der Waals surface area contributed by atoms with Crippen molar-refractivity contribution in [3.05, 3.63) is 54.4 Å². The van der Waals surface area contributed by atoms with Crippen LogP contribution < -0.4 is 5.32 Å². The number of piperidine rings is 1. The van der Waals surface area contributed by atoms with Gasteiger partial charge in [-0.25, -0.2) is 18.6 Å². The summed E-state index contributed by atoms with van der Waals surface area (Å²) in [5.41, 5.74) is 0.280. The molecule has 1 saturated heterocycles. The summed E-state index contributed by atoms with van der Waals surface area (Å²) in [6.07, 6.45) is 1.87. The van der Waals surface area contributed by atoms with Crippen LogP contribution in [0.1, 0.15) is 19.8 Å². The zero-order chi connectivity index (χ0) is 20.3. The normalized spacial score (nSPS) is 18.4. The minimum absolute atomic E-state index is 0.102. The molecule has 0 saturated carbocycles. The zero-order valence-corrected chi connectivity index (χ0v) is 16.0. The van der Waals surface area contributed by atoms with E-state index in [0.717, 1.165) is 12.1 Å². The van der Waals surface area contributed by atoms with E-state index in [4.69, 9.17) is 0 Å². The standard InChI is InChI=1S/C19H20F3N3O2S/c1-19(22,28(27)16-4-2-3-14(20)11-16)13-6-9-25(10-7-13)18(26)24-15-5-8-23-17(21)12-15/h2-5,8,11-13H,6-7,9-10H2,1H3,(H,23,24,26). The fourth-order valence-corrected chi connectivity index (χ4v) is 4.67. The molecule has 9 heteroatoms. The number of hydrogen-bond donors (Lipinski definition) is 1. The highest BCUT2D eigenvalue weighted by molar-refractivity contribution is 7.86. The Morgan fingerprint density at radius 3 is 2.61 bits per heavy atom. The van der Waals surface area contributed by atoms with Gasteiger partial charge in [0.15, 0.2) is 5.00 Å². The highest BCUT2D eigenvalue weighted by Gasteiger charge is 2.43. The van der Waals surface area contributed by atoms with Gasteiger partial charge in [-0.05, 0) is 44.0 Å². The number of nitrogens with one attached hydrogen (secondary N) is 1. The number of anilines is 1. The molecule has 0 spiro atoms. The molecule has 2 heterocycles. The van der Waals surface area contributed by atoms with Gasteiger partial charge in [-0.3, -0.25) is 4.21 Å². The molecule has 1 fully saturated rings. The molecule has 0 bridgehead atoms. The molecule has 5 nitrogen and oxygen atoms in total. The fourth-order valence-electron chi connectivity index (χ4n) is 3.25.